The number of aromatic amines is 1. The van der Waals surface area contributed by atoms with Crippen molar-refractivity contribution >= 4 is 23.4 Å². The zero-order valence-electron chi connectivity index (χ0n) is 12.9. The maximum absolute atomic E-state index is 13.7. The number of thioether (sulfide) groups is 1. The number of carbonyl (C=O) groups excluding carboxylic acids is 1. The second kappa shape index (κ2) is 6.31. The highest BCUT2D eigenvalue weighted by Gasteiger charge is 2.27. The normalized spacial score (nSPS) is 16.4. The third-order valence-electron chi connectivity index (χ3n) is 4.01. The first-order valence-corrected chi connectivity index (χ1v) is 8.41. The zero-order chi connectivity index (χ0) is 16.6. The number of halogens is 2. The van der Waals surface area contributed by atoms with Crippen LogP contribution in [0.3, 0.4) is 0 Å². The van der Waals surface area contributed by atoms with Gasteiger partial charge in [-0.05, 0) is 43.9 Å². The van der Waals surface area contributed by atoms with Crippen LogP contribution in [0.4, 0.5) is 14.5 Å². The molecule has 1 amide bonds. The van der Waals surface area contributed by atoms with E-state index in [1.807, 2.05) is 13.8 Å². The van der Waals surface area contributed by atoms with Gasteiger partial charge in [-0.2, -0.15) is 5.10 Å². The van der Waals surface area contributed by atoms with Crippen LogP contribution in [0.1, 0.15) is 34.2 Å². The van der Waals surface area contributed by atoms with Crippen molar-refractivity contribution in [3.63, 3.8) is 0 Å². The molecule has 0 fully saturated rings. The van der Waals surface area contributed by atoms with Gasteiger partial charge in [0, 0.05) is 11.3 Å². The highest BCUT2D eigenvalue weighted by Crippen LogP contribution is 2.42. The molecule has 1 atom stereocenters. The first-order valence-electron chi connectivity index (χ1n) is 7.36. The fourth-order valence-electron chi connectivity index (χ4n) is 2.87. The van der Waals surface area contributed by atoms with Crippen molar-refractivity contribution in [1.82, 2.24) is 10.2 Å². The fraction of sp³-hybridized carbons (Fsp3) is 0.375. The number of aryl methyl sites for hydroxylation is 2. The van der Waals surface area contributed by atoms with E-state index in [4.69, 9.17) is 0 Å². The Hall–Kier alpha value is -1.89. The minimum Gasteiger partial charge on any atom is -0.322 e. The highest BCUT2D eigenvalue weighted by atomic mass is 32.2. The summed E-state index contributed by atoms with van der Waals surface area (Å²) in [4.78, 5) is 12.1. The Labute approximate surface area is 137 Å². The quantitative estimate of drug-likeness (QED) is 0.895. The number of H-pyrrole nitrogens is 1. The summed E-state index contributed by atoms with van der Waals surface area (Å²) >= 11 is 1.41. The number of nitrogens with zero attached hydrogens (tertiary/aromatic N) is 1. The van der Waals surface area contributed by atoms with Gasteiger partial charge in [0.1, 0.15) is 11.6 Å². The van der Waals surface area contributed by atoms with Crippen molar-refractivity contribution in [2.24, 2.45) is 0 Å². The Morgan fingerprint density at radius 2 is 2.22 bits per heavy atom. The van der Waals surface area contributed by atoms with Crippen molar-refractivity contribution in [3.05, 3.63) is 46.3 Å². The molecular weight excluding hydrogens is 320 g/mol. The smallest absolute Gasteiger partial charge is 0.234 e. The number of carbonyl (C=O) groups is 1. The van der Waals surface area contributed by atoms with E-state index in [-0.39, 0.29) is 16.9 Å². The van der Waals surface area contributed by atoms with Gasteiger partial charge in [0.25, 0.3) is 0 Å². The molecular formula is C16H17F2N3OS. The molecule has 0 saturated heterocycles. The molecule has 1 aliphatic rings. The summed E-state index contributed by atoms with van der Waals surface area (Å²) in [7, 11) is 0. The van der Waals surface area contributed by atoms with E-state index in [1.165, 1.54) is 17.8 Å². The number of hydrogen-bond donors (Lipinski definition) is 2. The maximum atomic E-state index is 13.7. The fourth-order valence-corrected chi connectivity index (χ4v) is 3.96. The molecule has 2 N–H and O–H groups in total. The van der Waals surface area contributed by atoms with Gasteiger partial charge < -0.3 is 5.32 Å². The molecule has 23 heavy (non-hydrogen) atoms. The zero-order valence-corrected chi connectivity index (χ0v) is 13.7. The van der Waals surface area contributed by atoms with Gasteiger partial charge in [-0.3, -0.25) is 9.89 Å². The Balaban J connectivity index is 1.63. The molecule has 0 unspecified atom stereocenters. The van der Waals surface area contributed by atoms with Gasteiger partial charge in [0.15, 0.2) is 0 Å². The van der Waals surface area contributed by atoms with Crippen LogP contribution < -0.4 is 5.32 Å². The van der Waals surface area contributed by atoms with Crippen LogP contribution in [-0.4, -0.2) is 21.9 Å². The topological polar surface area (TPSA) is 57.8 Å². The Morgan fingerprint density at radius 1 is 1.43 bits per heavy atom. The SMILES string of the molecule is Cc1n[nH]c(C)c1NC(=O)CS[C@H]1CCc2c(F)cc(F)cc21. The lowest BCUT2D eigenvalue weighted by molar-refractivity contribution is -0.113. The highest BCUT2D eigenvalue weighted by molar-refractivity contribution is 8.00. The summed E-state index contributed by atoms with van der Waals surface area (Å²) in [5, 5.41) is 9.62. The van der Waals surface area contributed by atoms with Crippen LogP contribution in [-0.2, 0) is 11.2 Å². The molecule has 7 heteroatoms. The van der Waals surface area contributed by atoms with Crippen LogP contribution in [0.25, 0.3) is 0 Å². The predicted molar refractivity (Wildman–Crippen MR) is 86.6 cm³/mol. The summed E-state index contributed by atoms with van der Waals surface area (Å²) in [6, 6.07) is 2.30. The second-order valence-corrected chi connectivity index (χ2v) is 6.84. The average molecular weight is 337 g/mol. The van der Waals surface area contributed by atoms with Gasteiger partial charge in [-0.1, -0.05) is 0 Å². The third-order valence-corrected chi connectivity index (χ3v) is 5.33. The molecule has 4 nitrogen and oxygen atoms in total. The van der Waals surface area contributed by atoms with Gasteiger partial charge in [-0.15, -0.1) is 11.8 Å². The molecule has 0 bridgehead atoms. The van der Waals surface area contributed by atoms with Crippen molar-refractivity contribution < 1.29 is 13.6 Å². The van der Waals surface area contributed by atoms with Gasteiger partial charge in [0.2, 0.25) is 5.91 Å². The average Bonchev–Trinajstić information content (AvgIpc) is 3.03. The molecule has 2 aromatic rings. The second-order valence-electron chi connectivity index (χ2n) is 5.65. The number of amides is 1. The summed E-state index contributed by atoms with van der Waals surface area (Å²) in [5.74, 6) is -0.972. The number of aromatic nitrogens is 2. The first-order chi connectivity index (χ1) is 11.0. The van der Waals surface area contributed by atoms with E-state index in [2.05, 4.69) is 15.5 Å². The van der Waals surface area contributed by atoms with Crippen molar-refractivity contribution in [2.75, 3.05) is 11.1 Å². The van der Waals surface area contributed by atoms with Crippen molar-refractivity contribution in [1.29, 1.82) is 0 Å². The third kappa shape index (κ3) is 3.24. The van der Waals surface area contributed by atoms with Crippen LogP contribution in [0.2, 0.25) is 0 Å². The van der Waals surface area contributed by atoms with E-state index in [0.29, 0.717) is 23.2 Å². The van der Waals surface area contributed by atoms with Gasteiger partial charge in [0.05, 0.1) is 22.8 Å². The monoisotopic (exact) mass is 337 g/mol. The number of rotatable bonds is 4. The Morgan fingerprint density at radius 3 is 2.91 bits per heavy atom. The lowest BCUT2D eigenvalue weighted by Gasteiger charge is -2.12. The van der Waals surface area contributed by atoms with Crippen LogP contribution in [0, 0.1) is 25.5 Å². The summed E-state index contributed by atoms with van der Waals surface area (Å²) < 4.78 is 27.1. The standard InChI is InChI=1S/C16H17F2N3OS/c1-8-16(9(2)21-20-8)19-15(22)7-23-14-4-3-11-12(14)5-10(17)6-13(11)18/h5-6,14H,3-4,7H2,1-2H3,(H,19,22)(H,20,21)/t14-/m0/s1. The number of fused-ring (bicyclic) bond motifs is 1. The van der Waals surface area contributed by atoms with E-state index >= 15 is 0 Å². The van der Waals surface area contributed by atoms with Gasteiger partial charge in [-0.25, -0.2) is 8.78 Å². The van der Waals surface area contributed by atoms with Crippen LogP contribution >= 0.6 is 11.8 Å². The molecule has 1 aromatic heterocycles. The lowest BCUT2D eigenvalue weighted by Crippen LogP contribution is -2.15. The Bertz CT molecular complexity index is 741. The lowest BCUT2D eigenvalue weighted by atomic mass is 10.1. The molecule has 1 aliphatic carbocycles. The molecule has 1 heterocycles. The Kier molecular flexibility index (Phi) is 4.39. The minimum absolute atomic E-state index is 0.0486. The first kappa shape index (κ1) is 16.0. The van der Waals surface area contributed by atoms with E-state index in [1.54, 1.807) is 0 Å². The molecule has 0 saturated carbocycles. The van der Waals surface area contributed by atoms with Crippen LogP contribution in [0.15, 0.2) is 12.1 Å². The maximum Gasteiger partial charge on any atom is 0.234 e. The molecule has 0 radical (unpaired) electrons. The number of hydrogen-bond acceptors (Lipinski definition) is 3. The minimum atomic E-state index is -0.567. The van der Waals surface area contributed by atoms with Crippen molar-refractivity contribution in [2.45, 2.75) is 31.9 Å². The van der Waals surface area contributed by atoms with E-state index in [9.17, 15) is 13.6 Å². The summed E-state index contributed by atoms with van der Waals surface area (Å²) in [5.41, 5.74) is 3.48. The molecule has 122 valence electrons. The summed E-state index contributed by atoms with van der Waals surface area (Å²) in [6.45, 7) is 3.65. The van der Waals surface area contributed by atoms with E-state index in [0.717, 1.165) is 23.9 Å². The predicted octanol–water partition coefficient (Wildman–Crippen LogP) is 3.66. The number of anilines is 1. The van der Waals surface area contributed by atoms with E-state index < -0.39 is 11.6 Å². The number of benzene rings is 1. The largest absolute Gasteiger partial charge is 0.322 e. The summed E-state index contributed by atoms with van der Waals surface area (Å²) in [6.07, 6.45) is 1.30. The molecule has 3 rings (SSSR count). The number of nitrogens with one attached hydrogen (secondary N) is 2. The molecule has 1 aromatic carbocycles. The van der Waals surface area contributed by atoms with Crippen LogP contribution in [0.5, 0.6) is 0 Å². The van der Waals surface area contributed by atoms with Gasteiger partial charge >= 0.3 is 0 Å². The molecule has 0 spiro atoms. The molecule has 0 aliphatic heterocycles. The van der Waals surface area contributed by atoms with Crippen molar-refractivity contribution in [3.8, 4) is 0 Å².